The van der Waals surface area contributed by atoms with Crippen molar-refractivity contribution in [2.24, 2.45) is 5.92 Å². The molecule has 3 heteroatoms. The fourth-order valence-corrected chi connectivity index (χ4v) is 2.85. The predicted molar refractivity (Wildman–Crippen MR) is 74.2 cm³/mol. The van der Waals surface area contributed by atoms with E-state index in [0.29, 0.717) is 12.5 Å². The Labute approximate surface area is 109 Å². The van der Waals surface area contributed by atoms with Gasteiger partial charge in [0.1, 0.15) is 5.75 Å². The molecule has 1 aliphatic rings. The molecule has 1 aromatic carbocycles. The van der Waals surface area contributed by atoms with Crippen molar-refractivity contribution in [3.8, 4) is 5.75 Å². The van der Waals surface area contributed by atoms with Crippen molar-refractivity contribution in [3.05, 3.63) is 24.3 Å². The fraction of sp³-hybridized carbons (Fsp3) is 0.600. The molecule has 0 spiro atoms. The van der Waals surface area contributed by atoms with Crippen LogP contribution in [0.4, 0.5) is 5.69 Å². The van der Waals surface area contributed by atoms with E-state index in [4.69, 9.17) is 4.74 Å². The molecule has 0 bridgehead atoms. The van der Waals surface area contributed by atoms with Crippen LogP contribution in [0.2, 0.25) is 0 Å². The number of hydrogen-bond donors (Lipinski definition) is 1. The van der Waals surface area contributed by atoms with E-state index in [1.807, 2.05) is 19.1 Å². The van der Waals surface area contributed by atoms with Gasteiger partial charge in [0, 0.05) is 30.3 Å². The zero-order chi connectivity index (χ0) is 13.2. The molecule has 1 atom stereocenters. The van der Waals surface area contributed by atoms with E-state index < -0.39 is 0 Å². The topological polar surface area (TPSA) is 32.7 Å². The Morgan fingerprint density at radius 3 is 2.50 bits per heavy atom. The van der Waals surface area contributed by atoms with Gasteiger partial charge in [-0.25, -0.2) is 0 Å². The second kappa shape index (κ2) is 5.19. The van der Waals surface area contributed by atoms with Crippen LogP contribution in [0, 0.1) is 5.92 Å². The molecule has 1 fully saturated rings. The zero-order valence-electron chi connectivity index (χ0n) is 11.5. The van der Waals surface area contributed by atoms with Crippen LogP contribution in [0.25, 0.3) is 0 Å². The number of rotatable bonds is 4. The van der Waals surface area contributed by atoms with Gasteiger partial charge in [-0.3, -0.25) is 0 Å². The fourth-order valence-electron chi connectivity index (χ4n) is 2.85. The van der Waals surface area contributed by atoms with Crippen molar-refractivity contribution >= 4 is 5.69 Å². The first-order valence-electron chi connectivity index (χ1n) is 6.68. The molecular weight excluding hydrogens is 226 g/mol. The van der Waals surface area contributed by atoms with Gasteiger partial charge in [-0.2, -0.15) is 0 Å². The van der Waals surface area contributed by atoms with Gasteiger partial charge in [0.05, 0.1) is 6.61 Å². The first kappa shape index (κ1) is 13.2. The number of nitrogens with zero attached hydrogens (tertiary/aromatic N) is 1. The lowest BCUT2D eigenvalue weighted by molar-refractivity contribution is 0.232. The van der Waals surface area contributed by atoms with Crippen LogP contribution in [0.5, 0.6) is 5.75 Å². The second-order valence-electron chi connectivity index (χ2n) is 5.60. The summed E-state index contributed by atoms with van der Waals surface area (Å²) in [7, 11) is 0. The summed E-state index contributed by atoms with van der Waals surface area (Å²) >= 11 is 0. The molecule has 1 heterocycles. The van der Waals surface area contributed by atoms with Crippen LogP contribution >= 0.6 is 0 Å². The van der Waals surface area contributed by atoms with Gasteiger partial charge in [0.2, 0.25) is 0 Å². The van der Waals surface area contributed by atoms with Gasteiger partial charge in [-0.05, 0) is 51.5 Å². The molecule has 1 aliphatic heterocycles. The zero-order valence-corrected chi connectivity index (χ0v) is 11.5. The third-order valence-electron chi connectivity index (χ3n) is 3.68. The minimum absolute atomic E-state index is 0.112. The molecule has 1 unspecified atom stereocenters. The van der Waals surface area contributed by atoms with E-state index in [0.717, 1.165) is 18.7 Å². The minimum Gasteiger partial charge on any atom is -0.494 e. The second-order valence-corrected chi connectivity index (χ2v) is 5.60. The average molecular weight is 249 g/mol. The lowest BCUT2D eigenvalue weighted by Gasteiger charge is -2.33. The summed E-state index contributed by atoms with van der Waals surface area (Å²) in [5, 5.41) is 9.33. The van der Waals surface area contributed by atoms with Crippen LogP contribution in [0.15, 0.2) is 24.3 Å². The Bertz CT molecular complexity index is 386. The van der Waals surface area contributed by atoms with Gasteiger partial charge in [-0.1, -0.05) is 0 Å². The first-order chi connectivity index (χ1) is 8.56. The van der Waals surface area contributed by atoms with Crippen molar-refractivity contribution in [1.82, 2.24) is 0 Å². The van der Waals surface area contributed by atoms with Crippen molar-refractivity contribution < 1.29 is 9.84 Å². The predicted octanol–water partition coefficient (Wildman–Crippen LogP) is 2.68. The molecule has 3 nitrogen and oxygen atoms in total. The first-order valence-corrected chi connectivity index (χ1v) is 6.68. The molecule has 100 valence electrons. The van der Waals surface area contributed by atoms with Crippen LogP contribution in [-0.4, -0.2) is 30.4 Å². The SMILES string of the molecule is CCOc1ccc(N2CC(CO)CC2(C)C)cc1. The molecule has 1 saturated heterocycles. The summed E-state index contributed by atoms with van der Waals surface area (Å²) in [6.45, 7) is 8.36. The highest BCUT2D eigenvalue weighted by Crippen LogP contribution is 2.37. The van der Waals surface area contributed by atoms with Crippen molar-refractivity contribution in [2.45, 2.75) is 32.7 Å². The van der Waals surface area contributed by atoms with Crippen molar-refractivity contribution in [2.75, 3.05) is 24.7 Å². The Balaban J connectivity index is 2.15. The lowest BCUT2D eigenvalue weighted by atomic mass is 9.97. The maximum Gasteiger partial charge on any atom is 0.119 e. The van der Waals surface area contributed by atoms with Gasteiger partial charge in [-0.15, -0.1) is 0 Å². The molecule has 0 radical (unpaired) electrons. The molecule has 18 heavy (non-hydrogen) atoms. The van der Waals surface area contributed by atoms with E-state index in [9.17, 15) is 5.11 Å². The quantitative estimate of drug-likeness (QED) is 0.890. The number of benzene rings is 1. The minimum atomic E-state index is 0.112. The number of hydrogen-bond acceptors (Lipinski definition) is 3. The number of aliphatic hydroxyl groups is 1. The van der Waals surface area contributed by atoms with E-state index >= 15 is 0 Å². The molecule has 0 aromatic heterocycles. The molecule has 0 aliphatic carbocycles. The summed E-state index contributed by atoms with van der Waals surface area (Å²) in [5.74, 6) is 1.29. The molecule has 2 rings (SSSR count). The van der Waals surface area contributed by atoms with Crippen LogP contribution < -0.4 is 9.64 Å². The average Bonchev–Trinajstić information content (AvgIpc) is 2.66. The third kappa shape index (κ3) is 2.61. The normalized spacial score (nSPS) is 22.2. The van der Waals surface area contributed by atoms with Crippen molar-refractivity contribution in [3.63, 3.8) is 0 Å². The Kier molecular flexibility index (Phi) is 3.81. The lowest BCUT2D eigenvalue weighted by Crippen LogP contribution is -2.38. The Morgan fingerprint density at radius 1 is 1.33 bits per heavy atom. The number of anilines is 1. The highest BCUT2D eigenvalue weighted by atomic mass is 16.5. The summed E-state index contributed by atoms with van der Waals surface area (Å²) < 4.78 is 5.46. The standard InChI is InChI=1S/C15H23NO2/c1-4-18-14-7-5-13(6-8-14)16-10-12(11-17)9-15(16,2)3/h5-8,12,17H,4,9-11H2,1-3H3. The molecule has 1 aromatic rings. The van der Waals surface area contributed by atoms with Crippen LogP contribution in [0.3, 0.4) is 0 Å². The van der Waals surface area contributed by atoms with Crippen LogP contribution in [-0.2, 0) is 0 Å². The smallest absolute Gasteiger partial charge is 0.119 e. The van der Waals surface area contributed by atoms with Gasteiger partial charge < -0.3 is 14.7 Å². The van der Waals surface area contributed by atoms with E-state index in [2.05, 4.69) is 30.9 Å². The maximum atomic E-state index is 9.33. The van der Waals surface area contributed by atoms with Crippen molar-refractivity contribution in [1.29, 1.82) is 0 Å². The number of ether oxygens (including phenoxy) is 1. The highest BCUT2D eigenvalue weighted by Gasteiger charge is 2.37. The Hall–Kier alpha value is -1.22. The van der Waals surface area contributed by atoms with E-state index in [1.165, 1.54) is 5.69 Å². The van der Waals surface area contributed by atoms with E-state index in [-0.39, 0.29) is 12.1 Å². The molecule has 0 saturated carbocycles. The van der Waals surface area contributed by atoms with Crippen LogP contribution in [0.1, 0.15) is 27.2 Å². The Morgan fingerprint density at radius 2 is 2.00 bits per heavy atom. The van der Waals surface area contributed by atoms with Gasteiger partial charge >= 0.3 is 0 Å². The molecular formula is C15H23NO2. The van der Waals surface area contributed by atoms with Gasteiger partial charge in [0.15, 0.2) is 0 Å². The highest BCUT2D eigenvalue weighted by molar-refractivity contribution is 5.52. The van der Waals surface area contributed by atoms with Gasteiger partial charge in [0.25, 0.3) is 0 Å². The summed E-state index contributed by atoms with van der Waals surface area (Å²) in [6, 6.07) is 8.24. The molecule has 0 amide bonds. The largest absolute Gasteiger partial charge is 0.494 e. The number of aliphatic hydroxyl groups excluding tert-OH is 1. The third-order valence-corrected chi connectivity index (χ3v) is 3.68. The summed E-state index contributed by atoms with van der Waals surface area (Å²) in [4.78, 5) is 2.38. The summed E-state index contributed by atoms with van der Waals surface area (Å²) in [5.41, 5.74) is 1.32. The molecule has 1 N–H and O–H groups in total. The van der Waals surface area contributed by atoms with E-state index in [1.54, 1.807) is 0 Å². The monoisotopic (exact) mass is 249 g/mol. The summed E-state index contributed by atoms with van der Waals surface area (Å²) in [6.07, 6.45) is 1.04. The maximum absolute atomic E-state index is 9.33.